The molecule has 0 fully saturated rings. The smallest absolute Gasteiger partial charge is 0.0541 e. The van der Waals surface area contributed by atoms with E-state index in [1.807, 2.05) is 0 Å². The summed E-state index contributed by atoms with van der Waals surface area (Å²) < 4.78 is 2.41. The minimum atomic E-state index is 1.14. The van der Waals surface area contributed by atoms with Gasteiger partial charge in [-0.25, -0.2) is 0 Å². The number of aromatic nitrogens is 1. The zero-order chi connectivity index (χ0) is 31.2. The van der Waals surface area contributed by atoms with Crippen molar-refractivity contribution in [3.05, 3.63) is 188 Å². The van der Waals surface area contributed by atoms with Crippen LogP contribution < -0.4 is 0 Å². The number of rotatable bonds is 5. The van der Waals surface area contributed by atoms with E-state index < -0.39 is 0 Å². The summed E-state index contributed by atoms with van der Waals surface area (Å²) in [6.45, 7) is 0. The molecule has 1 nitrogen and oxygen atoms in total. The first-order chi connectivity index (χ1) is 23.3. The predicted molar refractivity (Wildman–Crippen MR) is 200 cm³/mol. The van der Waals surface area contributed by atoms with Gasteiger partial charge in [0.25, 0.3) is 0 Å². The van der Waals surface area contributed by atoms with E-state index in [2.05, 4.69) is 193 Å². The van der Waals surface area contributed by atoms with Gasteiger partial charge in [-0.3, -0.25) is 0 Å². The van der Waals surface area contributed by atoms with Gasteiger partial charge in [-0.05, 0) is 84.4 Å². The first kappa shape index (κ1) is 27.2. The van der Waals surface area contributed by atoms with Crippen LogP contribution in [0.4, 0.5) is 0 Å². The van der Waals surface area contributed by atoms with Gasteiger partial charge in [0.15, 0.2) is 0 Å². The van der Waals surface area contributed by atoms with Crippen LogP contribution in [-0.2, 0) is 0 Å². The minimum absolute atomic E-state index is 1.14. The van der Waals surface area contributed by atoms with Crippen LogP contribution in [0.2, 0.25) is 0 Å². The Balaban J connectivity index is 1.21. The lowest BCUT2D eigenvalue weighted by molar-refractivity contribution is 1.10. The van der Waals surface area contributed by atoms with E-state index in [4.69, 9.17) is 0 Å². The van der Waals surface area contributed by atoms with Crippen molar-refractivity contribution in [2.75, 3.05) is 0 Å². The van der Waals surface area contributed by atoms with E-state index in [1.54, 1.807) is 0 Å². The largest absolute Gasteiger partial charge is 0.309 e. The molecule has 1 heteroatoms. The van der Waals surface area contributed by atoms with Crippen LogP contribution in [0.25, 0.3) is 82.8 Å². The number of hydrogen-bond acceptors (Lipinski definition) is 0. The fraction of sp³-hybridized carbons (Fsp3) is 0. The Kier molecular flexibility index (Phi) is 6.54. The van der Waals surface area contributed by atoms with Crippen LogP contribution in [-0.4, -0.2) is 4.57 Å². The third-order valence-electron chi connectivity index (χ3n) is 9.46. The van der Waals surface area contributed by atoms with Gasteiger partial charge >= 0.3 is 0 Å². The molecule has 47 heavy (non-hydrogen) atoms. The van der Waals surface area contributed by atoms with Crippen LogP contribution >= 0.6 is 0 Å². The van der Waals surface area contributed by atoms with Gasteiger partial charge in [-0.15, -0.1) is 0 Å². The zero-order valence-electron chi connectivity index (χ0n) is 25.8. The molecule has 0 spiro atoms. The highest BCUT2D eigenvalue weighted by atomic mass is 15.0. The van der Waals surface area contributed by atoms with Crippen molar-refractivity contribution in [3.8, 4) is 50.5 Å². The van der Waals surface area contributed by atoms with Crippen molar-refractivity contribution in [3.63, 3.8) is 0 Å². The molecule has 0 N–H and O–H groups in total. The standard InChI is InChI=1S/C46H31N/c1-2-16-36(17-3-1)47-45(35-26-24-34(25-27-35)38-22-10-14-32-12-4-6-18-37(32)38)30-31-46(47)44-29-28-43(41-20-8-9-21-42(41)44)40-23-11-15-33-13-5-7-19-39(33)40/h1-31H. The molecule has 8 aromatic carbocycles. The Morgan fingerprint density at radius 2 is 0.723 bits per heavy atom. The highest BCUT2D eigenvalue weighted by Gasteiger charge is 2.18. The summed E-state index contributed by atoms with van der Waals surface area (Å²) in [5.41, 5.74) is 10.9. The molecule has 0 saturated carbocycles. The molecule has 220 valence electrons. The van der Waals surface area contributed by atoms with E-state index >= 15 is 0 Å². The van der Waals surface area contributed by atoms with E-state index in [1.165, 1.54) is 71.4 Å². The van der Waals surface area contributed by atoms with Gasteiger partial charge in [-0.1, -0.05) is 164 Å². The molecule has 0 bridgehead atoms. The maximum atomic E-state index is 2.41. The van der Waals surface area contributed by atoms with Crippen LogP contribution in [0, 0.1) is 0 Å². The molecule has 0 amide bonds. The molecule has 0 atom stereocenters. The Bertz CT molecular complexity index is 2540. The van der Waals surface area contributed by atoms with Crippen LogP contribution in [0.5, 0.6) is 0 Å². The molecule has 0 saturated heterocycles. The quantitative estimate of drug-likeness (QED) is 0.186. The van der Waals surface area contributed by atoms with Gasteiger partial charge in [0, 0.05) is 11.3 Å². The summed E-state index contributed by atoms with van der Waals surface area (Å²) >= 11 is 0. The summed E-state index contributed by atoms with van der Waals surface area (Å²) in [7, 11) is 0. The van der Waals surface area contributed by atoms with E-state index in [-0.39, 0.29) is 0 Å². The molecule has 0 aliphatic carbocycles. The Morgan fingerprint density at radius 3 is 1.43 bits per heavy atom. The average molecular weight is 598 g/mol. The number of fused-ring (bicyclic) bond motifs is 3. The predicted octanol–water partition coefficient (Wildman–Crippen LogP) is 12.6. The molecular weight excluding hydrogens is 567 g/mol. The lowest BCUT2D eigenvalue weighted by Crippen LogP contribution is -2.00. The normalized spacial score (nSPS) is 11.4. The average Bonchev–Trinajstić information content (AvgIpc) is 3.59. The number of hydrogen-bond donors (Lipinski definition) is 0. The van der Waals surface area contributed by atoms with Crippen molar-refractivity contribution >= 4 is 32.3 Å². The van der Waals surface area contributed by atoms with Crippen molar-refractivity contribution < 1.29 is 0 Å². The molecule has 9 rings (SSSR count). The number of nitrogens with zero attached hydrogens (tertiary/aromatic N) is 1. The van der Waals surface area contributed by atoms with Gasteiger partial charge in [-0.2, -0.15) is 0 Å². The highest BCUT2D eigenvalue weighted by molar-refractivity contribution is 6.09. The minimum Gasteiger partial charge on any atom is -0.309 e. The van der Waals surface area contributed by atoms with Crippen molar-refractivity contribution in [2.24, 2.45) is 0 Å². The fourth-order valence-electron chi connectivity index (χ4n) is 7.24. The van der Waals surface area contributed by atoms with Gasteiger partial charge < -0.3 is 4.57 Å². The SMILES string of the molecule is c1ccc(-n2c(-c3ccc(-c4cccc5ccccc45)cc3)ccc2-c2ccc(-c3cccc4ccccc34)c3ccccc23)cc1. The van der Waals surface area contributed by atoms with E-state index in [0.29, 0.717) is 0 Å². The van der Waals surface area contributed by atoms with E-state index in [9.17, 15) is 0 Å². The topological polar surface area (TPSA) is 4.93 Å². The summed E-state index contributed by atoms with van der Waals surface area (Å²) in [6.07, 6.45) is 0. The lowest BCUT2D eigenvalue weighted by atomic mass is 9.91. The molecule has 0 aliphatic heterocycles. The molecule has 1 heterocycles. The summed E-state index contributed by atoms with van der Waals surface area (Å²) in [5, 5.41) is 7.56. The third-order valence-corrected chi connectivity index (χ3v) is 9.46. The third kappa shape index (κ3) is 4.64. The second-order valence-electron chi connectivity index (χ2n) is 12.1. The fourth-order valence-corrected chi connectivity index (χ4v) is 7.24. The van der Waals surface area contributed by atoms with Crippen LogP contribution in [0.15, 0.2) is 188 Å². The van der Waals surface area contributed by atoms with E-state index in [0.717, 1.165) is 11.4 Å². The Hall–Kier alpha value is -6.18. The molecular formula is C46H31N. The number of benzene rings is 8. The molecule has 0 unspecified atom stereocenters. The highest BCUT2D eigenvalue weighted by Crippen LogP contribution is 2.41. The zero-order valence-corrected chi connectivity index (χ0v) is 25.8. The first-order valence-electron chi connectivity index (χ1n) is 16.2. The Morgan fingerprint density at radius 1 is 0.255 bits per heavy atom. The molecule has 9 aromatic rings. The van der Waals surface area contributed by atoms with Gasteiger partial charge in [0.1, 0.15) is 0 Å². The second kappa shape index (κ2) is 11.3. The molecule has 0 radical (unpaired) electrons. The lowest BCUT2D eigenvalue weighted by Gasteiger charge is -2.18. The second-order valence-corrected chi connectivity index (χ2v) is 12.1. The van der Waals surface area contributed by atoms with Gasteiger partial charge in [0.2, 0.25) is 0 Å². The van der Waals surface area contributed by atoms with Gasteiger partial charge in [0.05, 0.1) is 11.4 Å². The van der Waals surface area contributed by atoms with Crippen LogP contribution in [0.1, 0.15) is 0 Å². The summed E-state index contributed by atoms with van der Waals surface area (Å²) in [4.78, 5) is 0. The summed E-state index contributed by atoms with van der Waals surface area (Å²) in [6, 6.07) is 68.2. The first-order valence-corrected chi connectivity index (χ1v) is 16.2. The summed E-state index contributed by atoms with van der Waals surface area (Å²) in [5.74, 6) is 0. The van der Waals surface area contributed by atoms with Crippen molar-refractivity contribution in [1.82, 2.24) is 4.57 Å². The maximum absolute atomic E-state index is 2.41. The molecule has 0 aliphatic rings. The van der Waals surface area contributed by atoms with Crippen LogP contribution in [0.3, 0.4) is 0 Å². The maximum Gasteiger partial charge on any atom is 0.0541 e. The van der Waals surface area contributed by atoms with Crippen molar-refractivity contribution in [2.45, 2.75) is 0 Å². The number of para-hydroxylation sites is 1. The monoisotopic (exact) mass is 597 g/mol. The van der Waals surface area contributed by atoms with Crippen molar-refractivity contribution in [1.29, 1.82) is 0 Å². The Labute approximate surface area is 274 Å². The molecule has 1 aromatic heterocycles.